The van der Waals surface area contributed by atoms with Crippen LogP contribution in [0, 0.1) is 0 Å². The zero-order chi connectivity index (χ0) is 17.1. The Bertz CT molecular complexity index is 868. The fourth-order valence-electron chi connectivity index (χ4n) is 2.98. The van der Waals surface area contributed by atoms with Crippen LogP contribution in [-0.4, -0.2) is 34.0 Å². The molecule has 0 saturated carbocycles. The van der Waals surface area contributed by atoms with Crippen LogP contribution in [-0.2, 0) is 11.3 Å². The number of hydrogen-bond donors (Lipinski definition) is 2. The summed E-state index contributed by atoms with van der Waals surface area (Å²) < 4.78 is 7.12. The fourth-order valence-corrected chi connectivity index (χ4v) is 2.98. The van der Waals surface area contributed by atoms with E-state index in [9.17, 15) is 15.0 Å². The monoisotopic (exact) mass is 325 g/mol. The first kappa shape index (κ1) is 16.1. The number of nitrogens with zero attached hydrogens (tertiary/aromatic N) is 1. The largest absolute Gasteiger partial charge is 0.508 e. The number of ether oxygens (including phenoxy) is 1. The smallest absolute Gasteiger partial charge is 0.340 e. The SMILES string of the molecule is CCOC(=O)c1c(-c2ccccc2)n(CCO)c2ccc(O)cc12. The van der Waals surface area contributed by atoms with Crippen LogP contribution in [0.4, 0.5) is 0 Å². The van der Waals surface area contributed by atoms with E-state index in [1.54, 1.807) is 25.1 Å². The van der Waals surface area contributed by atoms with Crippen LogP contribution in [0.3, 0.4) is 0 Å². The van der Waals surface area contributed by atoms with Crippen molar-refractivity contribution in [1.29, 1.82) is 0 Å². The summed E-state index contributed by atoms with van der Waals surface area (Å²) in [6, 6.07) is 14.4. The molecule has 0 unspecified atom stereocenters. The van der Waals surface area contributed by atoms with Gasteiger partial charge in [0.25, 0.3) is 0 Å². The molecule has 1 aromatic heterocycles. The van der Waals surface area contributed by atoms with Gasteiger partial charge in [-0.3, -0.25) is 0 Å². The maximum Gasteiger partial charge on any atom is 0.340 e. The third-order valence-corrected chi connectivity index (χ3v) is 3.90. The second-order valence-electron chi connectivity index (χ2n) is 5.39. The molecule has 5 nitrogen and oxygen atoms in total. The van der Waals surface area contributed by atoms with Crippen LogP contribution in [0.25, 0.3) is 22.2 Å². The van der Waals surface area contributed by atoms with E-state index in [-0.39, 0.29) is 19.0 Å². The van der Waals surface area contributed by atoms with E-state index in [1.807, 2.05) is 34.9 Å². The molecule has 3 rings (SSSR count). The number of aliphatic hydroxyl groups is 1. The van der Waals surface area contributed by atoms with E-state index >= 15 is 0 Å². The number of hydrogen-bond acceptors (Lipinski definition) is 4. The zero-order valence-electron chi connectivity index (χ0n) is 13.4. The fraction of sp³-hybridized carbons (Fsp3) is 0.211. The summed E-state index contributed by atoms with van der Waals surface area (Å²) in [6.07, 6.45) is 0. The molecule has 2 aromatic carbocycles. The van der Waals surface area contributed by atoms with Crippen molar-refractivity contribution < 1.29 is 19.7 Å². The number of aliphatic hydroxyl groups excluding tert-OH is 1. The van der Waals surface area contributed by atoms with Gasteiger partial charge >= 0.3 is 5.97 Å². The van der Waals surface area contributed by atoms with Crippen LogP contribution in [0.15, 0.2) is 48.5 Å². The van der Waals surface area contributed by atoms with Crippen LogP contribution < -0.4 is 0 Å². The number of phenols is 1. The summed E-state index contributed by atoms with van der Waals surface area (Å²) in [5.74, 6) is -0.363. The predicted octanol–water partition coefficient (Wildman–Crippen LogP) is 3.18. The summed E-state index contributed by atoms with van der Waals surface area (Å²) in [7, 11) is 0. The van der Waals surface area contributed by atoms with Gasteiger partial charge in [0, 0.05) is 17.4 Å². The van der Waals surface area contributed by atoms with E-state index in [0.717, 1.165) is 11.1 Å². The molecule has 0 aliphatic rings. The van der Waals surface area contributed by atoms with Gasteiger partial charge in [-0.15, -0.1) is 0 Å². The highest BCUT2D eigenvalue weighted by Gasteiger charge is 2.24. The highest BCUT2D eigenvalue weighted by atomic mass is 16.5. The maximum absolute atomic E-state index is 12.6. The number of aromatic nitrogens is 1. The third-order valence-electron chi connectivity index (χ3n) is 3.90. The van der Waals surface area contributed by atoms with Crippen molar-refractivity contribution in [2.75, 3.05) is 13.2 Å². The van der Waals surface area contributed by atoms with Gasteiger partial charge in [-0.1, -0.05) is 30.3 Å². The second kappa shape index (κ2) is 6.76. The molecule has 0 bridgehead atoms. The minimum Gasteiger partial charge on any atom is -0.508 e. The number of carbonyl (C=O) groups is 1. The van der Waals surface area contributed by atoms with Gasteiger partial charge in [-0.05, 0) is 30.7 Å². The van der Waals surface area contributed by atoms with Crippen molar-refractivity contribution in [2.24, 2.45) is 0 Å². The highest BCUT2D eigenvalue weighted by molar-refractivity contribution is 6.11. The molecule has 0 aliphatic carbocycles. The number of esters is 1. The van der Waals surface area contributed by atoms with E-state index in [4.69, 9.17) is 4.74 Å². The molecule has 0 saturated heterocycles. The molecule has 0 atom stereocenters. The molecule has 0 amide bonds. The molecule has 3 aromatic rings. The second-order valence-corrected chi connectivity index (χ2v) is 5.39. The van der Waals surface area contributed by atoms with Crippen molar-refractivity contribution >= 4 is 16.9 Å². The lowest BCUT2D eigenvalue weighted by Gasteiger charge is -2.11. The molecular weight excluding hydrogens is 306 g/mol. The van der Waals surface area contributed by atoms with E-state index in [0.29, 0.717) is 23.2 Å². The molecule has 0 fully saturated rings. The van der Waals surface area contributed by atoms with Crippen molar-refractivity contribution in [3.63, 3.8) is 0 Å². The molecule has 0 radical (unpaired) electrons. The number of aromatic hydroxyl groups is 1. The lowest BCUT2D eigenvalue weighted by Crippen LogP contribution is -2.09. The van der Waals surface area contributed by atoms with Gasteiger partial charge in [-0.25, -0.2) is 4.79 Å². The van der Waals surface area contributed by atoms with Crippen LogP contribution in [0.5, 0.6) is 5.75 Å². The first-order chi connectivity index (χ1) is 11.7. The number of carbonyl (C=O) groups excluding carboxylic acids is 1. The number of phenolic OH excluding ortho intramolecular Hbond substituents is 1. The first-order valence-corrected chi connectivity index (χ1v) is 7.86. The van der Waals surface area contributed by atoms with Crippen LogP contribution in [0.2, 0.25) is 0 Å². The highest BCUT2D eigenvalue weighted by Crippen LogP contribution is 2.36. The Morgan fingerprint density at radius 1 is 1.17 bits per heavy atom. The molecule has 1 heterocycles. The lowest BCUT2D eigenvalue weighted by atomic mass is 10.1. The minimum absolute atomic E-state index is 0.0627. The van der Waals surface area contributed by atoms with Crippen molar-refractivity contribution in [2.45, 2.75) is 13.5 Å². The minimum atomic E-state index is -0.441. The van der Waals surface area contributed by atoms with Gasteiger partial charge in [0.2, 0.25) is 0 Å². The van der Waals surface area contributed by atoms with Crippen LogP contribution >= 0.6 is 0 Å². The molecule has 0 spiro atoms. The Labute approximate surface area is 139 Å². The summed E-state index contributed by atoms with van der Waals surface area (Å²) in [5.41, 5.74) is 2.71. The van der Waals surface area contributed by atoms with Gasteiger partial charge in [0.15, 0.2) is 0 Å². The quantitative estimate of drug-likeness (QED) is 0.707. The predicted molar refractivity (Wildman–Crippen MR) is 92.1 cm³/mol. The van der Waals surface area contributed by atoms with Crippen LogP contribution in [0.1, 0.15) is 17.3 Å². The Kier molecular flexibility index (Phi) is 4.53. The maximum atomic E-state index is 12.6. The molecule has 2 N–H and O–H groups in total. The Balaban J connectivity index is 2.39. The first-order valence-electron chi connectivity index (χ1n) is 7.86. The third kappa shape index (κ3) is 2.74. The van der Waals surface area contributed by atoms with Gasteiger partial charge < -0.3 is 19.5 Å². The average molecular weight is 325 g/mol. The van der Waals surface area contributed by atoms with E-state index < -0.39 is 5.97 Å². The standard InChI is InChI=1S/C19H19NO4/c1-2-24-19(23)17-15-12-14(22)8-9-16(15)20(10-11-21)18(17)13-6-4-3-5-7-13/h3-9,12,21-22H,2,10-11H2,1H3. The average Bonchev–Trinajstić information content (AvgIpc) is 2.90. The molecule has 5 heteroatoms. The van der Waals surface area contributed by atoms with Crippen molar-refractivity contribution in [1.82, 2.24) is 4.57 Å². The summed E-state index contributed by atoms with van der Waals surface area (Å²) in [5, 5.41) is 19.9. The number of rotatable bonds is 5. The Hall–Kier alpha value is -2.79. The normalized spacial score (nSPS) is 10.9. The molecular formula is C19H19NO4. The Morgan fingerprint density at radius 3 is 2.58 bits per heavy atom. The van der Waals surface area contributed by atoms with E-state index in [1.165, 1.54) is 0 Å². The summed E-state index contributed by atoms with van der Waals surface area (Å²) >= 11 is 0. The molecule has 24 heavy (non-hydrogen) atoms. The molecule has 124 valence electrons. The zero-order valence-corrected chi connectivity index (χ0v) is 13.4. The van der Waals surface area contributed by atoms with Gasteiger partial charge in [0.05, 0.1) is 24.5 Å². The van der Waals surface area contributed by atoms with E-state index in [2.05, 4.69) is 0 Å². The van der Waals surface area contributed by atoms with Crippen molar-refractivity contribution in [3.05, 3.63) is 54.1 Å². The summed E-state index contributed by atoms with van der Waals surface area (Å²) in [6.45, 7) is 2.29. The Morgan fingerprint density at radius 2 is 1.92 bits per heavy atom. The number of benzene rings is 2. The number of fused-ring (bicyclic) bond motifs is 1. The molecule has 0 aliphatic heterocycles. The summed E-state index contributed by atoms with van der Waals surface area (Å²) in [4.78, 5) is 12.6. The van der Waals surface area contributed by atoms with Gasteiger partial charge in [0.1, 0.15) is 5.75 Å². The van der Waals surface area contributed by atoms with Crippen molar-refractivity contribution in [3.8, 4) is 17.0 Å². The topological polar surface area (TPSA) is 71.7 Å². The lowest BCUT2D eigenvalue weighted by molar-refractivity contribution is 0.0529. The van der Waals surface area contributed by atoms with Gasteiger partial charge in [-0.2, -0.15) is 0 Å².